The molecule has 2 rings (SSSR count). The number of rotatable bonds is 5. The molecule has 0 N–H and O–H groups in total. The van der Waals surface area contributed by atoms with Gasteiger partial charge in [0.25, 0.3) is 0 Å². The maximum absolute atomic E-state index is 9.21. The number of halogens is 2. The second-order valence-corrected chi connectivity index (χ2v) is 5.58. The summed E-state index contributed by atoms with van der Waals surface area (Å²) in [5, 5.41) is -0.361. The molecule has 0 saturated heterocycles. The normalized spacial score (nSPS) is 10.8. The molecule has 4 nitrogen and oxygen atoms in total. The van der Waals surface area contributed by atoms with Crippen molar-refractivity contribution in [3.05, 3.63) is 71.8 Å². The average molecular weight is 387 g/mol. The molecule has 0 bridgehead atoms. The third-order valence-corrected chi connectivity index (χ3v) is 3.20. The van der Waals surface area contributed by atoms with Crippen LogP contribution in [0.25, 0.3) is 0 Å². The van der Waals surface area contributed by atoms with Gasteiger partial charge in [-0.1, -0.05) is 72.3 Å². The van der Waals surface area contributed by atoms with E-state index in [-0.39, 0.29) is 17.1 Å². The second-order valence-electron chi connectivity index (χ2n) is 4.65. The van der Waals surface area contributed by atoms with E-state index in [9.17, 15) is 4.79 Å². The lowest BCUT2D eigenvalue weighted by molar-refractivity contribution is -0.109. The third kappa shape index (κ3) is 11.7. The Morgan fingerprint density at radius 2 is 1.16 bits per heavy atom. The number of methoxy groups -OCH3 is 3. The molecule has 0 aliphatic rings. The minimum Gasteiger partial charge on any atom is -0.361 e. The Labute approximate surface area is 159 Å². The van der Waals surface area contributed by atoms with Crippen molar-refractivity contribution in [2.75, 3.05) is 21.3 Å². The smallest absolute Gasteiger partial charge is 0.218 e. The van der Waals surface area contributed by atoms with Gasteiger partial charge in [0, 0.05) is 33.8 Å². The maximum atomic E-state index is 9.21. The molecule has 0 spiro atoms. The van der Waals surface area contributed by atoms with E-state index in [2.05, 4.69) is 11.6 Å². The number of hydrogen-bond acceptors (Lipinski definition) is 4. The summed E-state index contributed by atoms with van der Waals surface area (Å²) in [6.45, 7) is 1.29. The molecule has 0 aliphatic carbocycles. The Morgan fingerprint density at radius 1 is 0.800 bits per heavy atom. The monoisotopic (exact) mass is 386 g/mol. The van der Waals surface area contributed by atoms with Gasteiger partial charge in [-0.3, -0.25) is 4.79 Å². The van der Waals surface area contributed by atoms with Crippen LogP contribution in [0.15, 0.2) is 60.7 Å². The Bertz CT molecular complexity index is 556. The van der Waals surface area contributed by atoms with Gasteiger partial charge in [-0.2, -0.15) is 0 Å². The van der Waals surface area contributed by atoms with E-state index in [4.69, 9.17) is 25.8 Å². The third-order valence-electron chi connectivity index (χ3n) is 2.77. The fourth-order valence-corrected chi connectivity index (χ4v) is 1.86. The van der Waals surface area contributed by atoms with Crippen LogP contribution in [0.3, 0.4) is 0 Å². The second kappa shape index (κ2) is 14.9. The minimum absolute atomic E-state index is 0.240. The van der Waals surface area contributed by atoms with Crippen LogP contribution in [0.4, 0.5) is 0 Å². The van der Waals surface area contributed by atoms with Gasteiger partial charge in [0.05, 0.1) is 0 Å². The number of hydrogen-bond donors (Lipinski definition) is 0. The highest BCUT2D eigenvalue weighted by Crippen LogP contribution is 2.19. The average Bonchev–Trinajstić information content (AvgIpc) is 2.64. The molecule has 1 atom stereocenters. The van der Waals surface area contributed by atoms with Gasteiger partial charge in [0.1, 0.15) is 0 Å². The van der Waals surface area contributed by atoms with Crippen LogP contribution in [0.2, 0.25) is 0 Å². The molecule has 25 heavy (non-hydrogen) atoms. The lowest BCUT2D eigenvalue weighted by atomic mass is 10.2. The standard InChI is InChI=1S/C9H12O2.C8H9ClO.C2H3ClO/c1-10-9(11-2)8-6-4-3-5-7-8;1-10-8(9)7-5-3-2-4-6-7;1-2(3)4/h3-7,9H,1-2H3;2-6,8H,1H3;1H3. The summed E-state index contributed by atoms with van der Waals surface area (Å²) in [4.78, 5) is 9.21. The van der Waals surface area contributed by atoms with E-state index in [1.807, 2.05) is 60.7 Å². The lowest BCUT2D eigenvalue weighted by Gasteiger charge is -2.12. The van der Waals surface area contributed by atoms with Gasteiger partial charge < -0.3 is 14.2 Å². The van der Waals surface area contributed by atoms with Crippen LogP contribution in [0.1, 0.15) is 29.9 Å². The Kier molecular flexibility index (Phi) is 14.0. The minimum atomic E-state index is -0.361. The van der Waals surface area contributed by atoms with Crippen molar-refractivity contribution in [3.8, 4) is 0 Å². The van der Waals surface area contributed by atoms with E-state index < -0.39 is 0 Å². The highest BCUT2D eigenvalue weighted by molar-refractivity contribution is 6.62. The largest absolute Gasteiger partial charge is 0.361 e. The molecule has 1 unspecified atom stereocenters. The van der Waals surface area contributed by atoms with Crippen LogP contribution < -0.4 is 0 Å². The Morgan fingerprint density at radius 3 is 1.48 bits per heavy atom. The zero-order valence-corrected chi connectivity index (χ0v) is 16.3. The van der Waals surface area contributed by atoms with Gasteiger partial charge in [-0.15, -0.1) is 0 Å². The summed E-state index contributed by atoms with van der Waals surface area (Å²) >= 11 is 10.4. The Hall–Kier alpha value is -1.43. The van der Waals surface area contributed by atoms with E-state index in [0.29, 0.717) is 0 Å². The Balaban J connectivity index is 0.000000383. The van der Waals surface area contributed by atoms with Crippen LogP contribution in [0, 0.1) is 0 Å². The first kappa shape index (κ1) is 23.6. The van der Waals surface area contributed by atoms with Crippen LogP contribution in [-0.4, -0.2) is 26.6 Å². The fourth-order valence-electron chi connectivity index (χ4n) is 1.72. The van der Waals surface area contributed by atoms with Crippen molar-refractivity contribution in [2.24, 2.45) is 0 Å². The molecule has 2 aromatic rings. The van der Waals surface area contributed by atoms with E-state index in [0.717, 1.165) is 11.1 Å². The van der Waals surface area contributed by atoms with E-state index in [1.54, 1.807) is 21.3 Å². The van der Waals surface area contributed by atoms with E-state index >= 15 is 0 Å². The van der Waals surface area contributed by atoms with Crippen molar-refractivity contribution < 1.29 is 19.0 Å². The maximum Gasteiger partial charge on any atom is 0.218 e. The topological polar surface area (TPSA) is 44.8 Å². The quantitative estimate of drug-likeness (QED) is 0.396. The molecule has 0 saturated carbocycles. The molecule has 2 aromatic carbocycles. The van der Waals surface area contributed by atoms with Crippen molar-refractivity contribution >= 4 is 28.4 Å². The number of benzene rings is 2. The molecular formula is C19H24Cl2O4. The SMILES string of the molecule is CC(=O)Cl.COC(Cl)c1ccccc1.COC(OC)c1ccccc1. The zero-order chi connectivity index (χ0) is 19.1. The molecular weight excluding hydrogens is 363 g/mol. The predicted molar refractivity (Wildman–Crippen MR) is 102 cm³/mol. The summed E-state index contributed by atoms with van der Waals surface area (Å²) < 4.78 is 15.0. The lowest BCUT2D eigenvalue weighted by Crippen LogP contribution is -2.02. The number of alkyl halides is 1. The summed E-state index contributed by atoms with van der Waals surface area (Å²) in [6, 6.07) is 19.5. The fraction of sp³-hybridized carbons (Fsp3) is 0.316. The van der Waals surface area contributed by atoms with Gasteiger partial charge in [0.2, 0.25) is 5.24 Å². The highest BCUT2D eigenvalue weighted by atomic mass is 35.5. The van der Waals surface area contributed by atoms with Crippen molar-refractivity contribution in [1.29, 1.82) is 0 Å². The molecule has 0 amide bonds. The first-order valence-electron chi connectivity index (χ1n) is 7.44. The zero-order valence-electron chi connectivity index (χ0n) is 14.8. The first-order chi connectivity index (χ1) is 12.0. The van der Waals surface area contributed by atoms with Gasteiger partial charge >= 0.3 is 0 Å². The summed E-state index contributed by atoms with van der Waals surface area (Å²) in [7, 11) is 4.84. The molecule has 0 aromatic heterocycles. The summed E-state index contributed by atoms with van der Waals surface area (Å²) in [5.41, 5.74) is 1.71. The van der Waals surface area contributed by atoms with Crippen LogP contribution in [-0.2, 0) is 19.0 Å². The highest BCUT2D eigenvalue weighted by Gasteiger charge is 2.05. The van der Waals surface area contributed by atoms with Gasteiger partial charge in [-0.05, 0) is 17.2 Å². The summed E-state index contributed by atoms with van der Waals surface area (Å²) in [6.07, 6.45) is -0.240. The van der Waals surface area contributed by atoms with Crippen molar-refractivity contribution in [3.63, 3.8) is 0 Å². The van der Waals surface area contributed by atoms with Gasteiger partial charge in [-0.25, -0.2) is 0 Å². The van der Waals surface area contributed by atoms with Crippen molar-refractivity contribution in [1.82, 2.24) is 0 Å². The molecule has 0 aliphatic heterocycles. The molecule has 0 heterocycles. The molecule has 0 radical (unpaired) electrons. The number of carbonyl (C=O) groups excluding carboxylic acids is 1. The van der Waals surface area contributed by atoms with Crippen LogP contribution >= 0.6 is 23.2 Å². The first-order valence-corrected chi connectivity index (χ1v) is 8.26. The van der Waals surface area contributed by atoms with Gasteiger partial charge in [0.15, 0.2) is 11.9 Å². The molecule has 0 fully saturated rings. The number of ether oxygens (including phenoxy) is 3. The predicted octanol–water partition coefficient (Wildman–Crippen LogP) is 5.32. The van der Waals surface area contributed by atoms with Crippen molar-refractivity contribution in [2.45, 2.75) is 18.8 Å². The molecule has 138 valence electrons. The number of carbonyl (C=O) groups is 1. The van der Waals surface area contributed by atoms with E-state index in [1.165, 1.54) is 6.92 Å². The summed E-state index contributed by atoms with van der Waals surface area (Å²) in [5.74, 6) is 0. The van der Waals surface area contributed by atoms with Crippen LogP contribution in [0.5, 0.6) is 0 Å². The molecule has 6 heteroatoms.